The normalized spacial score (nSPS) is 11.6. The molecule has 0 atom stereocenters. The van der Waals surface area contributed by atoms with Crippen LogP contribution in [0.3, 0.4) is 0 Å². The summed E-state index contributed by atoms with van der Waals surface area (Å²) in [6.07, 6.45) is 1.13. The molecule has 1 aromatic rings. The SMILES string of the molecule is CN(C)S(=O)(=O)CCNc1nccc(C(=O)O)c1F. The smallest absolute Gasteiger partial charge is 0.338 e. The molecule has 9 heteroatoms. The molecule has 0 fully saturated rings. The van der Waals surface area contributed by atoms with E-state index in [4.69, 9.17) is 5.11 Å². The van der Waals surface area contributed by atoms with Crippen LogP contribution < -0.4 is 5.32 Å². The van der Waals surface area contributed by atoms with Crippen LogP contribution in [0.5, 0.6) is 0 Å². The van der Waals surface area contributed by atoms with E-state index in [1.807, 2.05) is 0 Å². The quantitative estimate of drug-likeness (QED) is 0.778. The van der Waals surface area contributed by atoms with Gasteiger partial charge in [0, 0.05) is 26.8 Å². The fourth-order valence-corrected chi connectivity index (χ4v) is 1.94. The molecule has 1 rings (SSSR count). The highest BCUT2D eigenvalue weighted by Crippen LogP contribution is 2.14. The second kappa shape index (κ2) is 5.93. The highest BCUT2D eigenvalue weighted by Gasteiger charge is 2.16. The molecule has 0 radical (unpaired) electrons. The van der Waals surface area contributed by atoms with Crippen LogP contribution in [0.15, 0.2) is 12.3 Å². The number of nitrogens with zero attached hydrogens (tertiary/aromatic N) is 2. The zero-order chi connectivity index (χ0) is 14.6. The molecule has 0 aliphatic carbocycles. The first kappa shape index (κ1) is 15.3. The first-order chi connectivity index (χ1) is 8.75. The van der Waals surface area contributed by atoms with Crippen molar-refractivity contribution in [2.45, 2.75) is 0 Å². The number of carboxylic acids is 1. The summed E-state index contributed by atoms with van der Waals surface area (Å²) in [6, 6.07) is 1.03. The zero-order valence-electron chi connectivity index (χ0n) is 10.4. The third kappa shape index (κ3) is 3.86. The largest absolute Gasteiger partial charge is 0.478 e. The molecule has 0 unspecified atom stereocenters. The van der Waals surface area contributed by atoms with Crippen LogP contribution in [0.1, 0.15) is 10.4 Å². The second-order valence-corrected chi connectivity index (χ2v) is 6.15. The highest BCUT2D eigenvalue weighted by atomic mass is 32.2. The number of nitrogens with one attached hydrogen (secondary N) is 1. The third-order valence-corrected chi connectivity index (χ3v) is 4.16. The minimum atomic E-state index is -3.40. The van der Waals surface area contributed by atoms with Crippen LogP contribution in [-0.2, 0) is 10.0 Å². The topological polar surface area (TPSA) is 99.6 Å². The molecule has 0 bridgehead atoms. The van der Waals surface area contributed by atoms with Crippen molar-refractivity contribution in [3.8, 4) is 0 Å². The Hall–Kier alpha value is -1.74. The Morgan fingerprint density at radius 1 is 1.53 bits per heavy atom. The van der Waals surface area contributed by atoms with Crippen molar-refractivity contribution in [1.82, 2.24) is 9.29 Å². The average molecular weight is 291 g/mol. The van der Waals surface area contributed by atoms with Crippen LogP contribution >= 0.6 is 0 Å². The first-order valence-corrected chi connectivity index (χ1v) is 6.88. The Morgan fingerprint density at radius 3 is 2.68 bits per heavy atom. The number of carboxylic acid groups (broad SMARTS) is 1. The highest BCUT2D eigenvalue weighted by molar-refractivity contribution is 7.89. The van der Waals surface area contributed by atoms with Crippen molar-refractivity contribution in [1.29, 1.82) is 0 Å². The summed E-state index contributed by atoms with van der Waals surface area (Å²) in [5, 5.41) is 11.2. The summed E-state index contributed by atoms with van der Waals surface area (Å²) in [5.41, 5.74) is -0.520. The maximum atomic E-state index is 13.6. The molecule has 19 heavy (non-hydrogen) atoms. The summed E-state index contributed by atoms with van der Waals surface area (Å²) in [7, 11) is -0.627. The maximum absolute atomic E-state index is 13.6. The van der Waals surface area contributed by atoms with Crippen LogP contribution in [0.25, 0.3) is 0 Å². The molecule has 1 heterocycles. The Balaban J connectivity index is 2.75. The minimum absolute atomic E-state index is 0.0759. The van der Waals surface area contributed by atoms with Gasteiger partial charge in [0.15, 0.2) is 11.6 Å². The lowest BCUT2D eigenvalue weighted by Crippen LogP contribution is -2.28. The molecular weight excluding hydrogens is 277 g/mol. The molecule has 1 aromatic heterocycles. The molecule has 0 aliphatic heterocycles. The Kier molecular flexibility index (Phi) is 4.78. The molecule has 0 spiro atoms. The lowest BCUT2D eigenvalue weighted by molar-refractivity contribution is 0.0692. The van der Waals surface area contributed by atoms with Crippen LogP contribution in [-0.4, -0.2) is 55.2 Å². The van der Waals surface area contributed by atoms with E-state index in [-0.39, 0.29) is 18.1 Å². The Bertz CT molecular complexity index is 574. The van der Waals surface area contributed by atoms with E-state index in [0.29, 0.717) is 0 Å². The fourth-order valence-electron chi connectivity index (χ4n) is 1.21. The summed E-state index contributed by atoms with van der Waals surface area (Å²) in [5.74, 6) is -2.96. The van der Waals surface area contributed by atoms with Gasteiger partial charge < -0.3 is 10.4 Å². The summed E-state index contributed by atoms with van der Waals surface area (Å²) >= 11 is 0. The van der Waals surface area contributed by atoms with Gasteiger partial charge in [-0.1, -0.05) is 0 Å². The van der Waals surface area contributed by atoms with Crippen molar-refractivity contribution in [3.63, 3.8) is 0 Å². The number of sulfonamides is 1. The number of anilines is 1. The zero-order valence-corrected chi connectivity index (χ0v) is 11.2. The van der Waals surface area contributed by atoms with Gasteiger partial charge in [0.05, 0.1) is 5.75 Å². The molecular formula is C10H14FN3O4S. The molecule has 7 nitrogen and oxygen atoms in total. The monoisotopic (exact) mass is 291 g/mol. The van der Waals surface area contributed by atoms with Crippen molar-refractivity contribution < 1.29 is 22.7 Å². The number of hydrogen-bond acceptors (Lipinski definition) is 5. The number of hydrogen-bond donors (Lipinski definition) is 2. The van der Waals surface area contributed by atoms with E-state index in [2.05, 4.69) is 10.3 Å². The van der Waals surface area contributed by atoms with E-state index in [1.54, 1.807) is 0 Å². The van der Waals surface area contributed by atoms with Crippen LogP contribution in [0.4, 0.5) is 10.2 Å². The van der Waals surface area contributed by atoms with Gasteiger partial charge in [-0.2, -0.15) is 0 Å². The molecule has 0 amide bonds. The van der Waals surface area contributed by atoms with Crippen molar-refractivity contribution in [2.24, 2.45) is 0 Å². The summed E-state index contributed by atoms with van der Waals surface area (Å²) < 4.78 is 37.6. The predicted octanol–water partition coefficient (Wildman–Crippen LogP) is 0.222. The van der Waals surface area contributed by atoms with E-state index in [9.17, 15) is 17.6 Å². The van der Waals surface area contributed by atoms with Gasteiger partial charge in [-0.3, -0.25) is 0 Å². The lowest BCUT2D eigenvalue weighted by atomic mass is 10.2. The number of pyridine rings is 1. The summed E-state index contributed by atoms with van der Waals surface area (Å²) in [4.78, 5) is 14.3. The molecule has 106 valence electrons. The molecule has 0 aliphatic rings. The number of aromatic carboxylic acids is 1. The lowest BCUT2D eigenvalue weighted by Gasteiger charge is -2.12. The average Bonchev–Trinajstić information content (AvgIpc) is 2.30. The van der Waals surface area contributed by atoms with E-state index >= 15 is 0 Å². The van der Waals surface area contributed by atoms with Crippen molar-refractivity contribution in [3.05, 3.63) is 23.6 Å². The standard InChI is InChI=1S/C10H14FN3O4S/c1-14(2)19(17,18)6-5-13-9-8(11)7(10(15)16)3-4-12-9/h3-4H,5-6H2,1-2H3,(H,12,13)(H,15,16). The predicted molar refractivity (Wildman–Crippen MR) is 67.1 cm³/mol. The van der Waals surface area contributed by atoms with Crippen LogP contribution in [0.2, 0.25) is 0 Å². The van der Waals surface area contributed by atoms with E-state index < -0.39 is 27.4 Å². The first-order valence-electron chi connectivity index (χ1n) is 5.27. The number of rotatable bonds is 6. The Morgan fingerprint density at radius 2 is 2.16 bits per heavy atom. The van der Waals surface area contributed by atoms with Gasteiger partial charge in [0.1, 0.15) is 5.56 Å². The Labute approximate surface area is 110 Å². The van der Waals surface area contributed by atoms with Crippen molar-refractivity contribution >= 4 is 21.8 Å². The number of carbonyl (C=O) groups is 1. The summed E-state index contributed by atoms with van der Waals surface area (Å²) in [6.45, 7) is -0.0759. The van der Waals surface area contributed by atoms with Gasteiger partial charge in [0.25, 0.3) is 0 Å². The van der Waals surface area contributed by atoms with Gasteiger partial charge in [-0.15, -0.1) is 0 Å². The maximum Gasteiger partial charge on any atom is 0.338 e. The van der Waals surface area contributed by atoms with E-state index in [0.717, 1.165) is 16.6 Å². The molecule has 2 N–H and O–H groups in total. The second-order valence-electron chi connectivity index (χ2n) is 3.85. The molecule has 0 saturated carbocycles. The van der Waals surface area contributed by atoms with Crippen LogP contribution in [0, 0.1) is 5.82 Å². The minimum Gasteiger partial charge on any atom is -0.478 e. The van der Waals surface area contributed by atoms with Crippen molar-refractivity contribution in [2.75, 3.05) is 31.7 Å². The fraction of sp³-hybridized carbons (Fsp3) is 0.400. The number of halogens is 1. The van der Waals surface area contributed by atoms with Gasteiger partial charge >= 0.3 is 5.97 Å². The molecule has 0 saturated heterocycles. The third-order valence-electron chi connectivity index (χ3n) is 2.33. The van der Waals surface area contributed by atoms with Gasteiger partial charge in [-0.05, 0) is 6.07 Å². The number of aromatic nitrogens is 1. The molecule has 0 aromatic carbocycles. The van der Waals surface area contributed by atoms with Gasteiger partial charge in [-0.25, -0.2) is 26.9 Å². The van der Waals surface area contributed by atoms with E-state index in [1.165, 1.54) is 14.1 Å². The van der Waals surface area contributed by atoms with Gasteiger partial charge in [0.2, 0.25) is 10.0 Å².